The number of aromatic amines is 1. The van der Waals surface area contributed by atoms with Gasteiger partial charge < -0.3 is 4.42 Å². The van der Waals surface area contributed by atoms with Crippen LogP contribution in [-0.4, -0.2) is 25.5 Å². The molecule has 2 heterocycles. The lowest BCUT2D eigenvalue weighted by Gasteiger charge is -2.05. The van der Waals surface area contributed by atoms with Crippen molar-refractivity contribution in [2.75, 3.05) is 0 Å². The van der Waals surface area contributed by atoms with Crippen LogP contribution in [0.1, 0.15) is 22.5 Å². The van der Waals surface area contributed by atoms with Gasteiger partial charge in [0.25, 0.3) is 5.69 Å². The zero-order valence-electron chi connectivity index (χ0n) is 14.6. The predicted molar refractivity (Wildman–Crippen MR) is 101 cm³/mol. The van der Waals surface area contributed by atoms with Crippen molar-refractivity contribution >= 4 is 28.3 Å². The minimum Gasteiger partial charge on any atom is -0.463 e. The highest BCUT2D eigenvalue weighted by Crippen LogP contribution is 2.25. The molecule has 2 aromatic carbocycles. The highest BCUT2D eigenvalue weighted by atomic mass is 16.6. The number of benzene rings is 2. The zero-order valence-corrected chi connectivity index (χ0v) is 14.6. The number of nitro benzene ring substituents is 1. The molecule has 0 aliphatic carbocycles. The van der Waals surface area contributed by atoms with E-state index in [0.717, 1.165) is 5.56 Å². The fourth-order valence-corrected chi connectivity index (χ4v) is 2.83. The molecule has 0 unspecified atom stereocenters. The predicted octanol–water partition coefficient (Wildman–Crippen LogP) is 3.11. The lowest BCUT2D eigenvalue weighted by molar-refractivity contribution is -0.384. The number of non-ortho nitro benzene ring substituents is 1. The first-order chi connectivity index (χ1) is 13.5. The van der Waals surface area contributed by atoms with Gasteiger partial charge in [0.1, 0.15) is 11.8 Å². The molecule has 0 saturated heterocycles. The summed E-state index contributed by atoms with van der Waals surface area (Å²) in [5.74, 6) is 0.248. The van der Waals surface area contributed by atoms with E-state index in [9.17, 15) is 14.9 Å². The normalized spacial score (nSPS) is 11.7. The van der Waals surface area contributed by atoms with E-state index in [1.807, 2.05) is 13.0 Å². The van der Waals surface area contributed by atoms with Crippen molar-refractivity contribution in [3.8, 4) is 0 Å². The Kier molecular flexibility index (Phi) is 4.24. The number of fused-ring (bicyclic) bond motifs is 1. The van der Waals surface area contributed by atoms with Crippen LogP contribution in [0.25, 0.3) is 22.6 Å². The molecule has 0 saturated carbocycles. The van der Waals surface area contributed by atoms with Crippen molar-refractivity contribution in [3.63, 3.8) is 0 Å². The smallest absolute Gasteiger partial charge is 0.269 e. The summed E-state index contributed by atoms with van der Waals surface area (Å²) in [5.41, 5.74) is 2.55. The third kappa shape index (κ3) is 3.16. The molecular formula is C19H13N5O4. The van der Waals surface area contributed by atoms with E-state index in [4.69, 9.17) is 4.42 Å². The molecule has 0 aliphatic rings. The monoisotopic (exact) mass is 375 g/mol. The van der Waals surface area contributed by atoms with E-state index in [0.29, 0.717) is 27.7 Å². The molecule has 2 aromatic heterocycles. The second kappa shape index (κ2) is 6.88. The Bertz CT molecular complexity index is 1260. The third-order valence-electron chi connectivity index (χ3n) is 4.23. The molecular weight excluding hydrogens is 362 g/mol. The molecule has 4 rings (SSSR count). The molecule has 28 heavy (non-hydrogen) atoms. The quantitative estimate of drug-likeness (QED) is 0.429. The Morgan fingerprint density at radius 1 is 1.21 bits per heavy atom. The second-order valence-corrected chi connectivity index (χ2v) is 6.12. The van der Waals surface area contributed by atoms with Crippen LogP contribution in [0.15, 0.2) is 57.9 Å². The zero-order chi connectivity index (χ0) is 19.7. The number of rotatable bonds is 4. The summed E-state index contributed by atoms with van der Waals surface area (Å²) in [6.45, 7) is 1.89. The Hall–Kier alpha value is -4.14. The van der Waals surface area contributed by atoms with Gasteiger partial charge in [-0.05, 0) is 48.0 Å². The fraction of sp³-hybridized carbons (Fsp3) is 0.0526. The number of nitrogens with zero attached hydrogens (tertiary/aromatic N) is 4. The van der Waals surface area contributed by atoms with Gasteiger partial charge in [0.2, 0.25) is 5.82 Å². The van der Waals surface area contributed by atoms with Crippen molar-refractivity contribution < 1.29 is 9.34 Å². The molecule has 0 spiro atoms. The van der Waals surface area contributed by atoms with Crippen LogP contribution >= 0.6 is 0 Å². The Morgan fingerprint density at radius 3 is 2.68 bits per heavy atom. The summed E-state index contributed by atoms with van der Waals surface area (Å²) in [4.78, 5) is 23.3. The summed E-state index contributed by atoms with van der Waals surface area (Å²) in [5, 5.41) is 25.2. The number of hydrogen-bond acceptors (Lipinski definition) is 7. The second-order valence-electron chi connectivity index (χ2n) is 6.12. The number of nitro groups is 1. The van der Waals surface area contributed by atoms with Gasteiger partial charge in [0, 0.05) is 17.7 Å². The molecule has 0 bridgehead atoms. The lowest BCUT2D eigenvalue weighted by Crippen LogP contribution is -2.06. The number of tetrazole rings is 1. The molecule has 9 nitrogen and oxygen atoms in total. The van der Waals surface area contributed by atoms with Gasteiger partial charge >= 0.3 is 0 Å². The molecule has 4 aromatic rings. The number of hydrogen-bond donors (Lipinski definition) is 1. The summed E-state index contributed by atoms with van der Waals surface area (Å²) in [6, 6.07) is 11.2. The molecule has 0 atom stereocenters. The van der Waals surface area contributed by atoms with Crippen molar-refractivity contribution in [2.45, 2.75) is 6.92 Å². The maximum atomic E-state index is 12.9. The van der Waals surface area contributed by atoms with Crippen molar-refractivity contribution in [3.05, 3.63) is 91.6 Å². The molecule has 9 heteroatoms. The van der Waals surface area contributed by atoms with Crippen LogP contribution in [0.3, 0.4) is 0 Å². The van der Waals surface area contributed by atoms with Crippen LogP contribution in [-0.2, 0) is 0 Å². The van der Waals surface area contributed by atoms with Crippen LogP contribution in [0.4, 0.5) is 5.69 Å². The molecule has 138 valence electrons. The first kappa shape index (κ1) is 17.3. The van der Waals surface area contributed by atoms with E-state index in [1.165, 1.54) is 18.4 Å². The maximum Gasteiger partial charge on any atom is 0.269 e. The molecule has 0 amide bonds. The van der Waals surface area contributed by atoms with Crippen LogP contribution < -0.4 is 5.43 Å². The van der Waals surface area contributed by atoms with Crippen molar-refractivity contribution in [1.82, 2.24) is 20.6 Å². The van der Waals surface area contributed by atoms with E-state index < -0.39 is 4.92 Å². The number of nitrogens with one attached hydrogen (secondary N) is 1. The van der Waals surface area contributed by atoms with Crippen LogP contribution in [0, 0.1) is 17.0 Å². The van der Waals surface area contributed by atoms with E-state index >= 15 is 0 Å². The third-order valence-corrected chi connectivity index (χ3v) is 4.23. The van der Waals surface area contributed by atoms with Crippen molar-refractivity contribution in [1.29, 1.82) is 0 Å². The lowest BCUT2D eigenvalue weighted by atomic mass is 10.0. The standard InChI is InChI=1S/C19H13N5O4/c1-11-2-7-17-16(8-11)18(25)13(10-28-17)9-15(19-20-22-23-21-19)12-3-5-14(6-4-12)24(26)27/h2-10H,1H3,(H,20,21,22,23)/b15-9-. The van der Waals surface area contributed by atoms with Gasteiger partial charge in [-0.25, -0.2) is 0 Å². The average Bonchev–Trinajstić information content (AvgIpc) is 3.22. The van der Waals surface area contributed by atoms with Crippen LogP contribution in [0.5, 0.6) is 0 Å². The first-order valence-corrected chi connectivity index (χ1v) is 8.25. The number of aromatic nitrogens is 4. The highest BCUT2D eigenvalue weighted by Gasteiger charge is 2.14. The van der Waals surface area contributed by atoms with Gasteiger partial charge in [-0.1, -0.05) is 11.6 Å². The molecule has 0 radical (unpaired) electrons. The Labute approximate surface area is 157 Å². The minimum atomic E-state index is -0.484. The maximum absolute atomic E-state index is 12.9. The van der Waals surface area contributed by atoms with E-state index in [-0.39, 0.29) is 16.9 Å². The summed E-state index contributed by atoms with van der Waals surface area (Å²) < 4.78 is 5.59. The first-order valence-electron chi connectivity index (χ1n) is 8.25. The van der Waals surface area contributed by atoms with E-state index in [1.54, 1.807) is 30.3 Å². The van der Waals surface area contributed by atoms with Gasteiger partial charge in [-0.3, -0.25) is 14.9 Å². The average molecular weight is 375 g/mol. The topological polar surface area (TPSA) is 128 Å². The highest BCUT2D eigenvalue weighted by molar-refractivity contribution is 5.90. The Morgan fingerprint density at radius 2 is 2.00 bits per heavy atom. The molecule has 0 aliphatic heterocycles. The summed E-state index contributed by atoms with van der Waals surface area (Å²) in [6.07, 6.45) is 2.95. The summed E-state index contributed by atoms with van der Waals surface area (Å²) >= 11 is 0. The number of aryl methyl sites for hydroxylation is 1. The van der Waals surface area contributed by atoms with Gasteiger partial charge in [0.05, 0.1) is 15.9 Å². The molecule has 0 fully saturated rings. The Balaban J connectivity index is 1.89. The van der Waals surface area contributed by atoms with E-state index in [2.05, 4.69) is 20.6 Å². The minimum absolute atomic E-state index is 0.0445. The largest absolute Gasteiger partial charge is 0.463 e. The van der Waals surface area contributed by atoms with Gasteiger partial charge in [-0.2, -0.15) is 5.21 Å². The van der Waals surface area contributed by atoms with Crippen molar-refractivity contribution in [2.24, 2.45) is 0 Å². The van der Waals surface area contributed by atoms with Crippen LogP contribution in [0.2, 0.25) is 0 Å². The summed E-state index contributed by atoms with van der Waals surface area (Å²) in [7, 11) is 0. The SMILES string of the molecule is Cc1ccc2occ(/C=C(/c3ccc([N+](=O)[O-])cc3)c3nn[nH]n3)c(=O)c2c1. The van der Waals surface area contributed by atoms with Gasteiger partial charge in [-0.15, -0.1) is 10.2 Å². The molecule has 1 N–H and O–H groups in total. The van der Waals surface area contributed by atoms with Gasteiger partial charge in [0.15, 0.2) is 5.43 Å². The number of H-pyrrole nitrogens is 1. The fourth-order valence-electron chi connectivity index (χ4n) is 2.83.